The Labute approximate surface area is 195 Å². The highest BCUT2D eigenvalue weighted by Crippen LogP contribution is 2.60. The smallest absolute Gasteiger partial charge is 0.257 e. The van der Waals surface area contributed by atoms with Crippen molar-refractivity contribution in [2.45, 2.75) is 82.8 Å². The van der Waals surface area contributed by atoms with E-state index in [0.717, 1.165) is 43.4 Å². The highest BCUT2D eigenvalue weighted by atomic mass is 16.2. The van der Waals surface area contributed by atoms with Crippen LogP contribution in [0.3, 0.4) is 0 Å². The lowest BCUT2D eigenvalue weighted by Gasteiger charge is -2.36. The Bertz CT molecular complexity index is 1090. The van der Waals surface area contributed by atoms with Gasteiger partial charge in [0.15, 0.2) is 0 Å². The van der Waals surface area contributed by atoms with Gasteiger partial charge in [-0.05, 0) is 50.5 Å². The van der Waals surface area contributed by atoms with Crippen LogP contribution in [0.15, 0.2) is 36.5 Å². The van der Waals surface area contributed by atoms with Crippen LogP contribution in [0.2, 0.25) is 0 Å². The van der Waals surface area contributed by atoms with Gasteiger partial charge in [-0.2, -0.15) is 5.10 Å². The normalized spacial score (nSPS) is 31.2. The Morgan fingerprint density at radius 1 is 1.12 bits per heavy atom. The summed E-state index contributed by atoms with van der Waals surface area (Å²) in [6.07, 6.45) is 6.93. The average molecular weight is 447 g/mol. The first-order valence-electron chi connectivity index (χ1n) is 12.7. The van der Waals surface area contributed by atoms with Crippen molar-refractivity contribution in [2.75, 3.05) is 13.1 Å². The second-order valence-corrected chi connectivity index (χ2v) is 11.0. The summed E-state index contributed by atoms with van der Waals surface area (Å²) in [6.45, 7) is 7.78. The summed E-state index contributed by atoms with van der Waals surface area (Å²) in [5, 5.41) is 4.63. The van der Waals surface area contributed by atoms with E-state index in [9.17, 15) is 9.59 Å². The fourth-order valence-electron chi connectivity index (χ4n) is 6.24. The number of piperazine rings is 1. The van der Waals surface area contributed by atoms with Crippen molar-refractivity contribution in [3.63, 3.8) is 0 Å². The Hall–Kier alpha value is -2.63. The summed E-state index contributed by atoms with van der Waals surface area (Å²) < 4.78 is 2.09. The van der Waals surface area contributed by atoms with Gasteiger partial charge in [-0.1, -0.05) is 44.2 Å². The first-order valence-corrected chi connectivity index (χ1v) is 12.7. The molecule has 174 valence electrons. The molecule has 33 heavy (non-hydrogen) atoms. The molecule has 4 aliphatic rings. The van der Waals surface area contributed by atoms with Crippen molar-refractivity contribution in [1.82, 2.24) is 19.6 Å². The van der Waals surface area contributed by atoms with E-state index in [0.29, 0.717) is 31.0 Å². The van der Waals surface area contributed by atoms with Crippen molar-refractivity contribution in [3.05, 3.63) is 53.3 Å². The second kappa shape index (κ2) is 7.44. The number of aromatic nitrogens is 2. The maximum atomic E-state index is 13.6. The van der Waals surface area contributed by atoms with E-state index < -0.39 is 0 Å². The standard InChI is InChI=1S/C27H34N4O2/c1-4-17(2)31-24(19-10-11-19)22(14-28-31)25(32)29-15-21-12-20(29)16-30(21)26(33)27(3)13-23(27)18-8-6-5-7-9-18/h5-9,14,17,19-21,23H,4,10-13,15-16H2,1-3H3/t17?,20-,21-,23+,27-/m0/s1. The number of carbonyl (C=O) groups is 2. The fraction of sp³-hybridized carbons (Fsp3) is 0.593. The minimum Gasteiger partial charge on any atom is -0.335 e. The summed E-state index contributed by atoms with van der Waals surface area (Å²) >= 11 is 0. The largest absolute Gasteiger partial charge is 0.335 e. The molecule has 1 unspecified atom stereocenters. The van der Waals surface area contributed by atoms with Crippen LogP contribution in [0.25, 0.3) is 0 Å². The van der Waals surface area contributed by atoms with Crippen LogP contribution in [0.5, 0.6) is 0 Å². The second-order valence-electron chi connectivity index (χ2n) is 11.0. The van der Waals surface area contributed by atoms with Crippen molar-refractivity contribution < 1.29 is 9.59 Å². The van der Waals surface area contributed by atoms with Gasteiger partial charge in [-0.3, -0.25) is 14.3 Å². The van der Waals surface area contributed by atoms with Crippen molar-refractivity contribution >= 4 is 11.8 Å². The molecule has 1 aromatic carbocycles. The molecule has 6 nitrogen and oxygen atoms in total. The zero-order valence-electron chi connectivity index (χ0n) is 19.9. The first-order chi connectivity index (χ1) is 15.9. The van der Waals surface area contributed by atoms with Crippen LogP contribution in [0, 0.1) is 5.41 Å². The fourth-order valence-corrected chi connectivity index (χ4v) is 6.24. The quantitative estimate of drug-likeness (QED) is 0.663. The number of carbonyl (C=O) groups excluding carboxylic acids is 2. The van der Waals surface area contributed by atoms with Crippen molar-refractivity contribution in [3.8, 4) is 0 Å². The van der Waals surface area contributed by atoms with Gasteiger partial charge in [0.05, 0.1) is 35.0 Å². The van der Waals surface area contributed by atoms with Gasteiger partial charge in [-0.25, -0.2) is 0 Å². The minimum atomic E-state index is -0.294. The zero-order valence-corrected chi connectivity index (χ0v) is 19.9. The molecule has 2 saturated heterocycles. The van der Waals surface area contributed by atoms with E-state index >= 15 is 0 Å². The van der Waals surface area contributed by atoms with E-state index in [2.05, 4.69) is 59.7 Å². The number of rotatable bonds is 6. The average Bonchev–Trinajstić information content (AvgIpc) is 3.64. The molecular weight excluding hydrogens is 412 g/mol. The van der Waals surface area contributed by atoms with E-state index in [-0.39, 0.29) is 29.3 Å². The predicted molar refractivity (Wildman–Crippen MR) is 126 cm³/mol. The van der Waals surface area contributed by atoms with Crippen LogP contribution < -0.4 is 0 Å². The molecular formula is C27H34N4O2. The molecule has 6 heteroatoms. The Morgan fingerprint density at radius 3 is 2.45 bits per heavy atom. The molecule has 2 saturated carbocycles. The number of benzene rings is 1. The van der Waals surface area contributed by atoms with E-state index in [4.69, 9.17) is 0 Å². The molecule has 2 aliphatic heterocycles. The number of hydrogen-bond donors (Lipinski definition) is 0. The van der Waals surface area contributed by atoms with Gasteiger partial charge in [-0.15, -0.1) is 0 Å². The van der Waals surface area contributed by atoms with Gasteiger partial charge in [0, 0.05) is 25.0 Å². The topological polar surface area (TPSA) is 58.4 Å². The Kier molecular flexibility index (Phi) is 4.72. The maximum absolute atomic E-state index is 13.6. The lowest BCUT2D eigenvalue weighted by Crippen LogP contribution is -2.52. The highest BCUT2D eigenvalue weighted by Gasteiger charge is 2.60. The molecule has 4 fully saturated rings. The zero-order chi connectivity index (χ0) is 22.9. The molecule has 0 radical (unpaired) electrons. The Balaban J connectivity index is 1.16. The first kappa shape index (κ1) is 20.9. The Morgan fingerprint density at radius 2 is 1.82 bits per heavy atom. The predicted octanol–water partition coefficient (Wildman–Crippen LogP) is 4.35. The number of likely N-dealkylation sites (tertiary alicyclic amines) is 2. The third-order valence-corrected chi connectivity index (χ3v) is 8.73. The molecule has 1 aromatic heterocycles. The molecule has 2 bridgehead atoms. The van der Waals surface area contributed by atoms with Crippen LogP contribution >= 0.6 is 0 Å². The summed E-state index contributed by atoms with van der Waals surface area (Å²) in [7, 11) is 0. The van der Waals surface area contributed by atoms with Crippen LogP contribution in [0.4, 0.5) is 0 Å². The van der Waals surface area contributed by atoms with E-state index in [1.54, 1.807) is 6.20 Å². The highest BCUT2D eigenvalue weighted by molar-refractivity contribution is 5.96. The number of nitrogens with zero attached hydrogens (tertiary/aromatic N) is 4. The molecule has 5 atom stereocenters. The lowest BCUT2D eigenvalue weighted by atomic mass is 9.99. The van der Waals surface area contributed by atoms with Crippen LogP contribution in [-0.2, 0) is 4.79 Å². The third kappa shape index (κ3) is 3.24. The summed E-state index contributed by atoms with van der Waals surface area (Å²) in [5.41, 5.74) is 2.90. The minimum absolute atomic E-state index is 0.117. The van der Waals surface area contributed by atoms with Crippen molar-refractivity contribution in [1.29, 1.82) is 0 Å². The van der Waals surface area contributed by atoms with E-state index in [1.165, 1.54) is 5.56 Å². The monoisotopic (exact) mass is 446 g/mol. The van der Waals surface area contributed by atoms with Gasteiger partial charge in [0.2, 0.25) is 5.91 Å². The number of hydrogen-bond acceptors (Lipinski definition) is 3. The lowest BCUT2D eigenvalue weighted by molar-refractivity contribution is -0.138. The number of amides is 2. The molecule has 0 spiro atoms. The van der Waals surface area contributed by atoms with Gasteiger partial charge >= 0.3 is 0 Å². The summed E-state index contributed by atoms with van der Waals surface area (Å²) in [5.74, 6) is 1.18. The summed E-state index contributed by atoms with van der Waals surface area (Å²) in [4.78, 5) is 31.2. The van der Waals surface area contributed by atoms with Gasteiger partial charge in [0.1, 0.15) is 0 Å². The molecule has 6 rings (SSSR count). The van der Waals surface area contributed by atoms with Crippen LogP contribution in [-0.4, -0.2) is 56.6 Å². The third-order valence-electron chi connectivity index (χ3n) is 8.73. The van der Waals surface area contributed by atoms with Gasteiger partial charge < -0.3 is 9.80 Å². The number of fused-ring (bicyclic) bond motifs is 2. The SMILES string of the molecule is CCC(C)n1ncc(C(=O)N2C[C@@H]3C[C@H]2CN3C(=O)[C@@]2(C)C[C@@H]2c2ccccc2)c1C1CC1. The summed E-state index contributed by atoms with van der Waals surface area (Å²) in [6, 6.07) is 11.0. The molecule has 3 heterocycles. The molecule has 2 aromatic rings. The molecule has 2 aliphatic carbocycles. The maximum Gasteiger partial charge on any atom is 0.257 e. The molecule has 0 N–H and O–H groups in total. The molecule has 2 amide bonds. The van der Waals surface area contributed by atoms with Crippen LogP contribution in [0.1, 0.15) is 92.4 Å². The van der Waals surface area contributed by atoms with E-state index in [1.807, 2.05) is 11.0 Å². The van der Waals surface area contributed by atoms with Crippen molar-refractivity contribution in [2.24, 2.45) is 5.41 Å². The van der Waals surface area contributed by atoms with Gasteiger partial charge in [0.25, 0.3) is 5.91 Å².